The standard InChI is InChI=1S/C18H17F2IN2O2/c1-11-10-12(21)4-7-15(11)23-8-2-3-9-25-17-13(18(22)24)5-6-14(19)16(17)20/h2-7,10,23H,8-9H2,1H3,(H2,22,24). The van der Waals surface area contributed by atoms with Crippen LogP contribution in [0.4, 0.5) is 14.5 Å². The Bertz CT molecular complexity index is 810. The Hall–Kier alpha value is -2.16. The minimum absolute atomic E-state index is 0.0198. The molecule has 7 heteroatoms. The molecular weight excluding hydrogens is 441 g/mol. The van der Waals surface area contributed by atoms with Crippen LogP contribution in [0.25, 0.3) is 0 Å². The smallest absolute Gasteiger partial charge is 0.252 e. The number of carbonyl (C=O) groups excluding carboxylic acids is 1. The highest BCUT2D eigenvalue weighted by Crippen LogP contribution is 2.25. The molecule has 1 amide bonds. The Morgan fingerprint density at radius 2 is 2.04 bits per heavy atom. The molecule has 0 bridgehead atoms. The number of hydrogen-bond acceptors (Lipinski definition) is 3. The summed E-state index contributed by atoms with van der Waals surface area (Å²) in [7, 11) is 0. The third-order valence-electron chi connectivity index (χ3n) is 3.40. The number of benzene rings is 2. The molecule has 132 valence electrons. The predicted octanol–water partition coefficient (Wildman–Crippen LogP) is 4.02. The average Bonchev–Trinajstić information content (AvgIpc) is 2.55. The monoisotopic (exact) mass is 458 g/mol. The second-order valence-electron chi connectivity index (χ2n) is 5.22. The maximum Gasteiger partial charge on any atom is 0.252 e. The topological polar surface area (TPSA) is 64.3 Å². The van der Waals surface area contributed by atoms with Crippen molar-refractivity contribution >= 4 is 34.2 Å². The predicted molar refractivity (Wildman–Crippen MR) is 102 cm³/mol. The molecule has 2 rings (SSSR count). The summed E-state index contributed by atoms with van der Waals surface area (Å²) in [6.07, 6.45) is 3.43. The highest BCUT2D eigenvalue weighted by Gasteiger charge is 2.18. The van der Waals surface area contributed by atoms with Crippen LogP contribution in [0, 0.1) is 22.1 Å². The molecular formula is C18H17F2IN2O2. The lowest BCUT2D eigenvalue weighted by Crippen LogP contribution is -2.14. The third kappa shape index (κ3) is 5.15. The van der Waals surface area contributed by atoms with Gasteiger partial charge in [0.15, 0.2) is 11.6 Å². The van der Waals surface area contributed by atoms with E-state index in [1.54, 1.807) is 12.2 Å². The fraction of sp³-hybridized carbons (Fsp3) is 0.167. The SMILES string of the molecule is Cc1cc(I)ccc1NCC=CCOc1c(C(N)=O)ccc(F)c1F. The first-order valence-electron chi connectivity index (χ1n) is 7.45. The lowest BCUT2D eigenvalue weighted by Gasteiger charge is -2.10. The summed E-state index contributed by atoms with van der Waals surface area (Å²) in [5.74, 6) is -3.68. The molecule has 0 saturated carbocycles. The summed E-state index contributed by atoms with van der Waals surface area (Å²) in [5, 5.41) is 3.24. The van der Waals surface area contributed by atoms with Crippen molar-refractivity contribution in [3.8, 4) is 5.75 Å². The summed E-state index contributed by atoms with van der Waals surface area (Å²) in [5.41, 5.74) is 7.08. The number of halogens is 3. The van der Waals surface area contributed by atoms with Gasteiger partial charge in [-0.1, -0.05) is 6.08 Å². The minimum atomic E-state index is -1.22. The van der Waals surface area contributed by atoms with Crippen molar-refractivity contribution in [2.45, 2.75) is 6.92 Å². The summed E-state index contributed by atoms with van der Waals surface area (Å²) < 4.78 is 33.4. The normalized spacial score (nSPS) is 10.9. The Labute approximate surface area is 158 Å². The summed E-state index contributed by atoms with van der Waals surface area (Å²) >= 11 is 2.25. The van der Waals surface area contributed by atoms with Gasteiger partial charge in [0.05, 0.1) is 5.56 Å². The zero-order valence-corrected chi connectivity index (χ0v) is 15.6. The van der Waals surface area contributed by atoms with Gasteiger partial charge in [-0.2, -0.15) is 4.39 Å². The lowest BCUT2D eigenvalue weighted by molar-refractivity contribution is 0.0995. The van der Waals surface area contributed by atoms with Gasteiger partial charge in [-0.15, -0.1) is 0 Å². The number of hydrogen-bond donors (Lipinski definition) is 2. The minimum Gasteiger partial charge on any atom is -0.485 e. The average molecular weight is 458 g/mol. The Morgan fingerprint density at radius 1 is 1.28 bits per heavy atom. The van der Waals surface area contributed by atoms with E-state index in [1.165, 1.54) is 0 Å². The van der Waals surface area contributed by atoms with Crippen LogP contribution in [-0.4, -0.2) is 19.1 Å². The zero-order valence-electron chi connectivity index (χ0n) is 13.5. The molecule has 0 heterocycles. The van der Waals surface area contributed by atoms with Crippen molar-refractivity contribution in [1.82, 2.24) is 0 Å². The molecule has 0 unspecified atom stereocenters. The van der Waals surface area contributed by atoms with Crippen LogP contribution in [0.2, 0.25) is 0 Å². The summed E-state index contributed by atoms with van der Waals surface area (Å²) in [4.78, 5) is 11.3. The van der Waals surface area contributed by atoms with Crippen LogP contribution in [0.1, 0.15) is 15.9 Å². The maximum absolute atomic E-state index is 13.8. The molecule has 0 atom stereocenters. The summed E-state index contributed by atoms with van der Waals surface area (Å²) in [6, 6.07) is 7.99. The molecule has 25 heavy (non-hydrogen) atoms. The van der Waals surface area contributed by atoms with Crippen LogP contribution < -0.4 is 15.8 Å². The van der Waals surface area contributed by atoms with E-state index in [1.807, 2.05) is 19.1 Å². The van der Waals surface area contributed by atoms with Crippen molar-refractivity contribution in [3.05, 3.63) is 68.8 Å². The van der Waals surface area contributed by atoms with Gasteiger partial charge in [0, 0.05) is 15.8 Å². The van der Waals surface area contributed by atoms with Crippen LogP contribution in [-0.2, 0) is 0 Å². The number of amides is 1. The Balaban J connectivity index is 1.91. The van der Waals surface area contributed by atoms with Crippen LogP contribution in [0.3, 0.4) is 0 Å². The lowest BCUT2D eigenvalue weighted by atomic mass is 10.2. The van der Waals surface area contributed by atoms with Gasteiger partial charge >= 0.3 is 0 Å². The van der Waals surface area contributed by atoms with Gasteiger partial charge in [-0.25, -0.2) is 4.39 Å². The van der Waals surface area contributed by atoms with E-state index in [4.69, 9.17) is 10.5 Å². The number of nitrogens with one attached hydrogen (secondary N) is 1. The van der Waals surface area contributed by atoms with Crippen molar-refractivity contribution in [2.75, 3.05) is 18.5 Å². The number of rotatable bonds is 7. The van der Waals surface area contributed by atoms with E-state index in [9.17, 15) is 13.6 Å². The van der Waals surface area contributed by atoms with E-state index >= 15 is 0 Å². The summed E-state index contributed by atoms with van der Waals surface area (Å²) in [6.45, 7) is 2.53. The zero-order chi connectivity index (χ0) is 18.4. The third-order valence-corrected chi connectivity index (χ3v) is 4.08. The molecule has 0 aromatic heterocycles. The van der Waals surface area contributed by atoms with Crippen molar-refractivity contribution in [1.29, 1.82) is 0 Å². The number of carbonyl (C=O) groups is 1. The van der Waals surface area contributed by atoms with Crippen molar-refractivity contribution in [3.63, 3.8) is 0 Å². The quantitative estimate of drug-likeness (QED) is 0.487. The Morgan fingerprint density at radius 3 is 2.72 bits per heavy atom. The van der Waals surface area contributed by atoms with Gasteiger partial charge in [0.2, 0.25) is 5.82 Å². The van der Waals surface area contributed by atoms with Gasteiger partial charge in [0.25, 0.3) is 5.91 Å². The molecule has 3 N–H and O–H groups in total. The van der Waals surface area contributed by atoms with Crippen LogP contribution >= 0.6 is 22.6 Å². The number of primary amides is 1. The molecule has 0 aliphatic rings. The molecule has 2 aromatic rings. The number of anilines is 1. The van der Waals surface area contributed by atoms with Gasteiger partial charge < -0.3 is 15.8 Å². The van der Waals surface area contributed by atoms with E-state index in [0.29, 0.717) is 6.54 Å². The molecule has 0 aliphatic carbocycles. The van der Waals surface area contributed by atoms with Crippen LogP contribution in [0.5, 0.6) is 5.75 Å². The highest BCUT2D eigenvalue weighted by molar-refractivity contribution is 14.1. The van der Waals surface area contributed by atoms with Gasteiger partial charge in [-0.05, 0) is 71.5 Å². The Kier molecular flexibility index (Phi) is 6.74. The first kappa shape index (κ1) is 19.2. The molecule has 4 nitrogen and oxygen atoms in total. The van der Waals surface area contributed by atoms with Crippen LogP contribution in [0.15, 0.2) is 42.5 Å². The van der Waals surface area contributed by atoms with E-state index in [2.05, 4.69) is 34.0 Å². The first-order chi connectivity index (χ1) is 11.9. The first-order valence-corrected chi connectivity index (χ1v) is 8.53. The van der Waals surface area contributed by atoms with E-state index in [0.717, 1.165) is 27.0 Å². The molecule has 0 saturated heterocycles. The van der Waals surface area contributed by atoms with E-state index < -0.39 is 23.3 Å². The second-order valence-corrected chi connectivity index (χ2v) is 6.47. The molecule has 0 fully saturated rings. The van der Waals surface area contributed by atoms with Gasteiger partial charge in [0.1, 0.15) is 6.61 Å². The second kappa shape index (κ2) is 8.80. The number of nitrogens with two attached hydrogens (primary N) is 1. The van der Waals surface area contributed by atoms with E-state index in [-0.39, 0.29) is 12.2 Å². The molecule has 0 aliphatic heterocycles. The number of aryl methyl sites for hydroxylation is 1. The largest absolute Gasteiger partial charge is 0.485 e. The number of ether oxygens (including phenoxy) is 1. The van der Waals surface area contributed by atoms with Crippen molar-refractivity contribution in [2.24, 2.45) is 5.73 Å². The van der Waals surface area contributed by atoms with Crippen molar-refractivity contribution < 1.29 is 18.3 Å². The molecule has 0 spiro atoms. The maximum atomic E-state index is 13.8. The fourth-order valence-electron chi connectivity index (χ4n) is 2.14. The molecule has 0 radical (unpaired) electrons. The fourth-order valence-corrected chi connectivity index (χ4v) is 2.79. The highest BCUT2D eigenvalue weighted by atomic mass is 127. The van der Waals surface area contributed by atoms with Gasteiger partial charge in [-0.3, -0.25) is 4.79 Å². The molecule has 2 aromatic carbocycles.